The van der Waals surface area contributed by atoms with Gasteiger partial charge in [-0.1, -0.05) is 18.2 Å². The Labute approximate surface area is 119 Å². The van der Waals surface area contributed by atoms with Gasteiger partial charge in [0, 0.05) is 17.1 Å². The number of rotatable bonds is 1. The van der Waals surface area contributed by atoms with E-state index in [1.807, 2.05) is 6.07 Å². The van der Waals surface area contributed by atoms with E-state index in [2.05, 4.69) is 0 Å². The average Bonchev–Trinajstić information content (AvgIpc) is 2.07. The summed E-state index contributed by atoms with van der Waals surface area (Å²) in [5.74, 6) is 0. The molecule has 0 heterocycles. The molecule has 73 valence electrons. The first kappa shape index (κ1) is 20.3. The van der Waals surface area contributed by atoms with Crippen molar-refractivity contribution >= 4 is 22.0 Å². The van der Waals surface area contributed by atoms with Gasteiger partial charge in [0.25, 0.3) is 0 Å². The Balaban J connectivity index is -0.0000000917. The van der Waals surface area contributed by atoms with Gasteiger partial charge in [0.2, 0.25) is 5.30 Å². The Morgan fingerprint density at radius 1 is 1.29 bits per heavy atom. The van der Waals surface area contributed by atoms with Crippen molar-refractivity contribution in [1.82, 2.24) is 0 Å². The zero-order valence-electron chi connectivity index (χ0n) is 8.37. The van der Waals surface area contributed by atoms with Gasteiger partial charge in [-0.05, 0) is 16.7 Å². The minimum absolute atomic E-state index is 0. The number of hydrogen-bond acceptors (Lipinski definition) is 2. The maximum Gasteiger partial charge on any atom is 1.00 e. The fourth-order valence-electron chi connectivity index (χ4n) is 0.556. The molecule has 0 bridgehead atoms. The molecule has 1 rings (SSSR count). The van der Waals surface area contributed by atoms with Crippen molar-refractivity contribution in [2.24, 2.45) is 0 Å². The van der Waals surface area contributed by atoms with Gasteiger partial charge in [-0.15, -0.1) is 0 Å². The molecular weight excluding hydrogens is 276 g/mol. The molecule has 4 nitrogen and oxygen atoms in total. The fourth-order valence-corrected chi connectivity index (χ4v) is 0.983. The van der Waals surface area contributed by atoms with Crippen LogP contribution in [0.4, 0.5) is 0 Å². The first-order valence-corrected chi connectivity index (χ1v) is 4.88. The zero-order chi connectivity index (χ0) is 9.40. The van der Waals surface area contributed by atoms with E-state index in [1.54, 1.807) is 24.3 Å². The number of benzene rings is 1. The number of hydrogen-bond donors (Lipinski definition) is 2. The van der Waals surface area contributed by atoms with Crippen LogP contribution in [0.1, 0.15) is 1.43 Å². The van der Waals surface area contributed by atoms with Gasteiger partial charge in [0.1, 0.15) is 0 Å². The summed E-state index contributed by atoms with van der Waals surface area (Å²) < 4.78 is 18.8. The molecule has 0 aliphatic heterocycles. The van der Waals surface area contributed by atoms with Gasteiger partial charge < -0.3 is 6.32 Å². The molecule has 1 aromatic rings. The van der Waals surface area contributed by atoms with Crippen molar-refractivity contribution in [2.75, 3.05) is 0 Å². The van der Waals surface area contributed by atoms with Gasteiger partial charge >= 0.3 is 46.3 Å². The van der Waals surface area contributed by atoms with Gasteiger partial charge in [-0.3, -0.25) is 0 Å². The molecule has 0 aliphatic carbocycles. The molecule has 0 amide bonds. The quantitative estimate of drug-likeness (QED) is 0.478. The summed E-state index contributed by atoms with van der Waals surface area (Å²) >= 11 is 0. The summed E-state index contributed by atoms with van der Waals surface area (Å²) in [4.78, 5) is 15.5. The second-order valence-electron chi connectivity index (χ2n) is 1.69. The topological polar surface area (TPSA) is 74.6 Å². The van der Waals surface area contributed by atoms with Gasteiger partial charge in [-0.2, -0.15) is 4.89 Å². The summed E-state index contributed by atoms with van der Waals surface area (Å²) in [5, 5.41) is 0.479. The SMILES string of the molecule is O=PO.O=[P+](O)c1ccccc1.[H-].[Mn].[Na+]. The molecule has 1 aromatic carbocycles. The maximum atomic E-state index is 10.3. The van der Waals surface area contributed by atoms with Crippen LogP contribution in [0.25, 0.3) is 0 Å². The fraction of sp³-hybridized carbons (Fsp3) is 0. The summed E-state index contributed by atoms with van der Waals surface area (Å²) in [7, 11) is -2.98. The predicted octanol–water partition coefficient (Wildman–Crippen LogP) is -1.65. The van der Waals surface area contributed by atoms with Crippen molar-refractivity contribution in [2.45, 2.75) is 0 Å². The summed E-state index contributed by atoms with van der Waals surface area (Å²) in [6.45, 7) is 0. The second kappa shape index (κ2) is 13.9. The zero-order valence-corrected chi connectivity index (χ0v) is 12.3. The van der Waals surface area contributed by atoms with Crippen LogP contribution in [0.2, 0.25) is 0 Å². The van der Waals surface area contributed by atoms with Crippen LogP contribution < -0.4 is 34.9 Å². The normalized spacial score (nSPS) is 8.57. The molecular formula is C6H8MnNaO4P2+. The van der Waals surface area contributed by atoms with E-state index in [1.165, 1.54) is 0 Å². The van der Waals surface area contributed by atoms with Gasteiger partial charge in [0.15, 0.2) is 0 Å². The van der Waals surface area contributed by atoms with Crippen LogP contribution in [0.15, 0.2) is 30.3 Å². The van der Waals surface area contributed by atoms with Crippen molar-refractivity contribution in [1.29, 1.82) is 0 Å². The Hall–Kier alpha value is 0.859. The molecule has 2 N–H and O–H groups in total. The maximum absolute atomic E-state index is 10.3. The van der Waals surface area contributed by atoms with Crippen LogP contribution >= 0.6 is 16.7 Å². The van der Waals surface area contributed by atoms with Crippen LogP contribution in [-0.2, 0) is 26.2 Å². The third kappa shape index (κ3) is 10.9. The van der Waals surface area contributed by atoms with E-state index in [-0.39, 0.29) is 48.1 Å². The first-order chi connectivity index (χ1) is 5.72. The monoisotopic (exact) mass is 284 g/mol. The molecule has 1 radical (unpaired) electrons. The van der Waals surface area contributed by atoms with E-state index < -0.39 is 16.7 Å². The molecule has 0 fully saturated rings. The standard InChI is InChI=1S/C6H5O2P.Mn.Na.HO2P.H/c7-9(8)6-4-2-1-3-5-6;;;1-3-2;/h1-5H;;;(H,1,2);/q;;+1;;-1/p+1. The Bertz CT molecular complexity index is 265. The smallest absolute Gasteiger partial charge is 1.00 e. The van der Waals surface area contributed by atoms with Crippen LogP contribution in [-0.4, -0.2) is 9.79 Å². The Kier molecular flexibility index (Phi) is 20.1. The van der Waals surface area contributed by atoms with E-state index in [4.69, 9.17) is 14.4 Å². The van der Waals surface area contributed by atoms with Crippen molar-refractivity contribution in [3.8, 4) is 0 Å². The van der Waals surface area contributed by atoms with Crippen molar-refractivity contribution < 1.29 is 67.0 Å². The van der Waals surface area contributed by atoms with E-state index in [0.29, 0.717) is 5.30 Å². The third-order valence-electron chi connectivity index (χ3n) is 0.977. The molecule has 8 heteroatoms. The van der Waals surface area contributed by atoms with Crippen molar-refractivity contribution in [3.63, 3.8) is 0 Å². The van der Waals surface area contributed by atoms with E-state index in [9.17, 15) is 4.57 Å². The molecule has 14 heavy (non-hydrogen) atoms. The minimum atomic E-state index is -2.15. The molecule has 0 saturated heterocycles. The van der Waals surface area contributed by atoms with E-state index >= 15 is 0 Å². The van der Waals surface area contributed by atoms with Crippen LogP contribution in [0.3, 0.4) is 0 Å². The summed E-state index contributed by atoms with van der Waals surface area (Å²) in [6, 6.07) is 8.53. The van der Waals surface area contributed by atoms with Crippen molar-refractivity contribution in [3.05, 3.63) is 30.3 Å². The molecule has 1 unspecified atom stereocenters. The predicted molar refractivity (Wildman–Crippen MR) is 46.8 cm³/mol. The second-order valence-corrected chi connectivity index (χ2v) is 2.92. The molecule has 0 aliphatic rings. The molecule has 1 atom stereocenters. The average molecular weight is 284 g/mol. The Morgan fingerprint density at radius 3 is 1.86 bits per heavy atom. The summed E-state index contributed by atoms with van der Waals surface area (Å²) in [6.07, 6.45) is 0. The van der Waals surface area contributed by atoms with Gasteiger partial charge in [-0.25, -0.2) is 4.57 Å². The minimum Gasteiger partial charge on any atom is -1.00 e. The molecule has 0 spiro atoms. The van der Waals surface area contributed by atoms with Crippen LogP contribution in [0, 0.1) is 0 Å². The molecule has 0 aromatic heterocycles. The van der Waals surface area contributed by atoms with Crippen LogP contribution in [0.5, 0.6) is 0 Å². The van der Waals surface area contributed by atoms with E-state index in [0.717, 1.165) is 0 Å². The first-order valence-electron chi connectivity index (χ1n) is 2.90. The summed E-state index contributed by atoms with van der Waals surface area (Å²) in [5.41, 5.74) is 0. The largest absolute Gasteiger partial charge is 1.00 e. The Morgan fingerprint density at radius 2 is 1.64 bits per heavy atom. The van der Waals surface area contributed by atoms with Gasteiger partial charge in [0.05, 0.1) is 0 Å². The molecule has 0 saturated carbocycles. The third-order valence-corrected chi connectivity index (χ3v) is 1.72.